The van der Waals surface area contributed by atoms with E-state index >= 15 is 0 Å². The minimum Gasteiger partial charge on any atom is -0.497 e. The molecule has 1 unspecified atom stereocenters. The summed E-state index contributed by atoms with van der Waals surface area (Å²) in [5.74, 6) is -0.869. The molecule has 0 radical (unpaired) electrons. The van der Waals surface area contributed by atoms with Crippen LogP contribution in [0.5, 0.6) is 11.5 Å². The Bertz CT molecular complexity index is 1070. The van der Waals surface area contributed by atoms with Crippen molar-refractivity contribution in [1.29, 1.82) is 0 Å². The number of carbonyl (C=O) groups is 2. The maximum Gasteiger partial charge on any atom is 0.425 e. The van der Waals surface area contributed by atoms with Gasteiger partial charge < -0.3 is 14.2 Å². The number of halogens is 3. The van der Waals surface area contributed by atoms with Gasteiger partial charge in [-0.1, -0.05) is 24.3 Å². The molecular formula is C24H19F3O5. The van der Waals surface area contributed by atoms with Crippen LogP contribution in [-0.2, 0) is 4.74 Å². The molecule has 0 aliphatic heterocycles. The zero-order chi connectivity index (χ0) is 23.3. The summed E-state index contributed by atoms with van der Waals surface area (Å²) in [4.78, 5) is 24.2. The van der Waals surface area contributed by atoms with Crippen LogP contribution in [0.2, 0.25) is 0 Å². The Morgan fingerprint density at radius 2 is 1.16 bits per heavy atom. The van der Waals surface area contributed by atoms with Crippen LogP contribution in [0.3, 0.4) is 0 Å². The van der Waals surface area contributed by atoms with E-state index in [4.69, 9.17) is 9.47 Å². The van der Waals surface area contributed by atoms with Gasteiger partial charge in [0.15, 0.2) is 6.10 Å². The van der Waals surface area contributed by atoms with E-state index in [-0.39, 0.29) is 11.3 Å². The van der Waals surface area contributed by atoms with E-state index in [1.54, 1.807) is 31.4 Å². The molecule has 0 fully saturated rings. The minimum atomic E-state index is -4.64. The number of hydrogen-bond acceptors (Lipinski definition) is 5. The zero-order valence-corrected chi connectivity index (χ0v) is 17.2. The lowest BCUT2D eigenvalue weighted by Crippen LogP contribution is -2.30. The smallest absolute Gasteiger partial charge is 0.425 e. The van der Waals surface area contributed by atoms with E-state index < -0.39 is 24.2 Å². The highest BCUT2D eigenvalue weighted by Crippen LogP contribution is 2.25. The molecule has 166 valence electrons. The van der Waals surface area contributed by atoms with Crippen LogP contribution in [0.25, 0.3) is 11.1 Å². The second-order valence-electron chi connectivity index (χ2n) is 6.81. The van der Waals surface area contributed by atoms with Gasteiger partial charge in [0.25, 0.3) is 0 Å². The fraction of sp³-hybridized carbons (Fsp3) is 0.167. The van der Waals surface area contributed by atoms with Gasteiger partial charge in [-0.15, -0.1) is 0 Å². The van der Waals surface area contributed by atoms with E-state index in [1.807, 2.05) is 24.3 Å². The second-order valence-corrected chi connectivity index (χ2v) is 6.81. The number of esters is 2. The third kappa shape index (κ3) is 5.66. The third-order valence-corrected chi connectivity index (χ3v) is 4.59. The van der Waals surface area contributed by atoms with E-state index in [0.717, 1.165) is 23.8 Å². The van der Waals surface area contributed by atoms with Gasteiger partial charge in [0.05, 0.1) is 18.2 Å². The lowest BCUT2D eigenvalue weighted by atomic mass is 10.0. The van der Waals surface area contributed by atoms with Gasteiger partial charge in [-0.25, -0.2) is 9.59 Å². The highest BCUT2D eigenvalue weighted by molar-refractivity contribution is 5.92. The van der Waals surface area contributed by atoms with Crippen molar-refractivity contribution in [3.8, 4) is 22.6 Å². The first kappa shape index (κ1) is 22.9. The Hall–Kier alpha value is -3.81. The van der Waals surface area contributed by atoms with Crippen molar-refractivity contribution in [2.45, 2.75) is 19.2 Å². The Morgan fingerprint density at radius 3 is 1.66 bits per heavy atom. The predicted molar refractivity (Wildman–Crippen MR) is 111 cm³/mol. The number of rotatable bonds is 6. The van der Waals surface area contributed by atoms with Crippen molar-refractivity contribution >= 4 is 11.9 Å². The Balaban J connectivity index is 1.62. The summed E-state index contributed by atoms with van der Waals surface area (Å²) in [7, 11) is 1.59. The highest BCUT2D eigenvalue weighted by atomic mass is 19.4. The van der Waals surface area contributed by atoms with E-state index in [1.165, 1.54) is 24.3 Å². The highest BCUT2D eigenvalue weighted by Gasteiger charge is 2.39. The molecule has 5 nitrogen and oxygen atoms in total. The molecule has 0 bridgehead atoms. The molecule has 8 heteroatoms. The maximum atomic E-state index is 12.5. The lowest BCUT2D eigenvalue weighted by Gasteiger charge is -2.16. The number of ether oxygens (including phenoxy) is 3. The molecule has 3 rings (SSSR count). The predicted octanol–water partition coefficient (Wildman–Crippen LogP) is 5.69. The van der Waals surface area contributed by atoms with Gasteiger partial charge in [-0.05, 0) is 66.6 Å². The number of carbonyl (C=O) groups excluding carboxylic acids is 2. The van der Waals surface area contributed by atoms with E-state index in [0.29, 0.717) is 5.56 Å². The average Bonchev–Trinajstić information content (AvgIpc) is 2.79. The first-order valence-corrected chi connectivity index (χ1v) is 9.52. The molecule has 0 saturated heterocycles. The Labute approximate surface area is 182 Å². The van der Waals surface area contributed by atoms with Crippen LogP contribution < -0.4 is 9.47 Å². The standard InChI is InChI=1S/C24H19F3O5/c1-15(24(25,26)27)31-22(28)19-9-13-21(14-10-19)32-23(29)18-5-3-16(4-6-18)17-7-11-20(30-2)12-8-17/h3-15H,1-2H3. The molecule has 3 aromatic rings. The molecule has 0 aromatic heterocycles. The first-order valence-electron chi connectivity index (χ1n) is 9.52. The monoisotopic (exact) mass is 444 g/mol. The molecule has 32 heavy (non-hydrogen) atoms. The van der Waals surface area contributed by atoms with Crippen LogP contribution in [-0.4, -0.2) is 31.3 Å². The topological polar surface area (TPSA) is 61.8 Å². The van der Waals surface area contributed by atoms with Gasteiger partial charge >= 0.3 is 18.1 Å². The molecule has 0 aliphatic carbocycles. The summed E-state index contributed by atoms with van der Waals surface area (Å²) < 4.78 is 52.3. The molecule has 3 aromatic carbocycles. The second kappa shape index (κ2) is 9.55. The van der Waals surface area contributed by atoms with Crippen molar-refractivity contribution in [3.63, 3.8) is 0 Å². The van der Waals surface area contributed by atoms with Gasteiger partial charge in [0.1, 0.15) is 11.5 Å². The van der Waals surface area contributed by atoms with Crippen LogP contribution in [0.1, 0.15) is 27.6 Å². The molecule has 0 heterocycles. The number of methoxy groups -OCH3 is 1. The minimum absolute atomic E-state index is 0.0928. The van der Waals surface area contributed by atoms with Gasteiger partial charge in [0, 0.05) is 0 Å². The SMILES string of the molecule is COc1ccc(-c2ccc(C(=O)Oc3ccc(C(=O)OC(C)C(F)(F)F)cc3)cc2)cc1. The van der Waals surface area contributed by atoms with Crippen molar-refractivity contribution in [1.82, 2.24) is 0 Å². The molecule has 0 amide bonds. The molecule has 0 N–H and O–H groups in total. The molecular weight excluding hydrogens is 425 g/mol. The first-order chi connectivity index (χ1) is 15.2. The van der Waals surface area contributed by atoms with Gasteiger partial charge in [-0.3, -0.25) is 0 Å². The van der Waals surface area contributed by atoms with Gasteiger partial charge in [0.2, 0.25) is 0 Å². The molecule has 1 atom stereocenters. The summed E-state index contributed by atoms with van der Waals surface area (Å²) in [5, 5.41) is 0. The summed E-state index contributed by atoms with van der Waals surface area (Å²) in [6.45, 7) is 0.744. The van der Waals surface area contributed by atoms with Crippen molar-refractivity contribution < 1.29 is 37.0 Å². The Morgan fingerprint density at radius 1 is 0.719 bits per heavy atom. The van der Waals surface area contributed by atoms with Crippen molar-refractivity contribution in [2.75, 3.05) is 7.11 Å². The van der Waals surface area contributed by atoms with Crippen LogP contribution in [0.4, 0.5) is 13.2 Å². The van der Waals surface area contributed by atoms with E-state index in [9.17, 15) is 22.8 Å². The van der Waals surface area contributed by atoms with Crippen LogP contribution >= 0.6 is 0 Å². The molecule has 0 aliphatic rings. The van der Waals surface area contributed by atoms with Crippen LogP contribution in [0.15, 0.2) is 72.8 Å². The molecule has 0 saturated carbocycles. The summed E-state index contributed by atoms with van der Waals surface area (Å²) in [6.07, 6.45) is -6.87. The molecule has 0 spiro atoms. The number of alkyl halides is 3. The number of benzene rings is 3. The Kier molecular flexibility index (Phi) is 6.82. The normalized spacial score (nSPS) is 12.0. The van der Waals surface area contributed by atoms with Crippen molar-refractivity contribution in [2.24, 2.45) is 0 Å². The quantitative estimate of drug-likeness (QED) is 0.361. The fourth-order valence-electron chi connectivity index (χ4n) is 2.70. The maximum absolute atomic E-state index is 12.5. The summed E-state index contributed by atoms with van der Waals surface area (Å²) >= 11 is 0. The number of hydrogen-bond donors (Lipinski definition) is 0. The lowest BCUT2D eigenvalue weighted by molar-refractivity contribution is -0.198. The largest absolute Gasteiger partial charge is 0.497 e. The van der Waals surface area contributed by atoms with Crippen molar-refractivity contribution in [3.05, 3.63) is 83.9 Å². The average molecular weight is 444 g/mol. The summed E-state index contributed by atoms with van der Waals surface area (Å²) in [6, 6.07) is 19.3. The summed E-state index contributed by atoms with van der Waals surface area (Å²) in [5.41, 5.74) is 2.07. The van der Waals surface area contributed by atoms with Crippen LogP contribution in [0, 0.1) is 0 Å². The van der Waals surface area contributed by atoms with Gasteiger partial charge in [-0.2, -0.15) is 13.2 Å². The third-order valence-electron chi connectivity index (χ3n) is 4.59. The fourth-order valence-corrected chi connectivity index (χ4v) is 2.70. The van der Waals surface area contributed by atoms with E-state index in [2.05, 4.69) is 4.74 Å². The zero-order valence-electron chi connectivity index (χ0n) is 17.2.